The monoisotopic (exact) mass is 143 g/mol. The predicted molar refractivity (Wildman–Crippen MR) is 43.2 cm³/mol. The molecule has 0 rings (SSSR count). The maximum atomic E-state index is 4.78. The lowest BCUT2D eigenvalue weighted by Gasteiger charge is -1.93. The van der Waals surface area contributed by atoms with Crippen LogP contribution in [0, 0.1) is 0 Å². The molecule has 0 bridgehead atoms. The fraction of sp³-hybridized carbons (Fsp3) is 0.750. The van der Waals surface area contributed by atoms with Crippen LogP contribution in [-0.4, -0.2) is 0 Å². The van der Waals surface area contributed by atoms with Crippen LogP contribution in [0.5, 0.6) is 0 Å². The third-order valence-corrected chi connectivity index (χ3v) is 1.40. The second-order valence-electron chi connectivity index (χ2n) is 2.36. The van der Waals surface area contributed by atoms with Crippen molar-refractivity contribution in [1.82, 2.24) is 0 Å². The molecule has 0 aromatic rings. The summed E-state index contributed by atoms with van der Waals surface area (Å²) in [5, 5.41) is 0. The van der Waals surface area contributed by atoms with Crippen molar-refractivity contribution in [3.8, 4) is 0 Å². The Hall–Kier alpha value is -0.500. The quantitative estimate of drug-likeness (QED) is 0.352. The summed E-state index contributed by atoms with van der Waals surface area (Å²) in [6.45, 7) is 2.21. The van der Waals surface area contributed by atoms with Crippen molar-refractivity contribution in [1.29, 1.82) is 0 Å². The highest BCUT2D eigenvalue weighted by Crippen LogP contribution is 2.02. The van der Waals surface area contributed by atoms with E-state index in [9.17, 15) is 0 Å². The van der Waals surface area contributed by atoms with E-state index in [0.717, 1.165) is 6.42 Å². The molecule has 0 radical (unpaired) electrons. The van der Waals surface area contributed by atoms with Crippen LogP contribution in [0.1, 0.15) is 39.0 Å². The Labute approximate surface area is 63.0 Å². The molecule has 0 amide bonds. The molecular formula is C8H17NO. The minimum atomic E-state index is 1.08. The molecule has 10 heavy (non-hydrogen) atoms. The lowest BCUT2D eigenvalue weighted by molar-refractivity contribution is 0.260. The molecule has 0 aromatic carbocycles. The number of allylic oxidation sites excluding steroid dienone is 1. The van der Waals surface area contributed by atoms with E-state index in [-0.39, 0.29) is 0 Å². The lowest BCUT2D eigenvalue weighted by Crippen LogP contribution is -1.87. The first-order valence-electron chi connectivity index (χ1n) is 3.92. The Morgan fingerprint density at radius 2 is 2.10 bits per heavy atom. The van der Waals surface area contributed by atoms with Crippen LogP contribution in [0.3, 0.4) is 0 Å². The van der Waals surface area contributed by atoms with Gasteiger partial charge in [0.15, 0.2) is 0 Å². The lowest BCUT2D eigenvalue weighted by atomic mass is 10.2. The Morgan fingerprint density at radius 3 is 2.70 bits per heavy atom. The van der Waals surface area contributed by atoms with Crippen LogP contribution >= 0.6 is 0 Å². The maximum absolute atomic E-state index is 4.78. The van der Waals surface area contributed by atoms with Gasteiger partial charge in [0.2, 0.25) is 0 Å². The Bertz CT molecular complexity index is 81.3. The minimum Gasteiger partial charge on any atom is -0.420 e. The number of unbranched alkanes of at least 4 members (excludes halogenated alkanes) is 4. The summed E-state index contributed by atoms with van der Waals surface area (Å²) in [6, 6.07) is 0. The molecule has 60 valence electrons. The molecule has 0 heterocycles. The topological polar surface area (TPSA) is 35.2 Å². The summed E-state index contributed by atoms with van der Waals surface area (Å²) in [5.74, 6) is 4.78. The molecule has 0 atom stereocenters. The SMILES string of the molecule is CCCCCC/C=C/ON. The van der Waals surface area contributed by atoms with E-state index in [1.807, 2.05) is 6.08 Å². The van der Waals surface area contributed by atoms with Crippen molar-refractivity contribution >= 4 is 0 Å². The highest BCUT2D eigenvalue weighted by atomic mass is 16.6. The van der Waals surface area contributed by atoms with Gasteiger partial charge in [0.25, 0.3) is 0 Å². The molecule has 0 fully saturated rings. The van der Waals surface area contributed by atoms with E-state index in [2.05, 4.69) is 11.8 Å². The van der Waals surface area contributed by atoms with Gasteiger partial charge in [0.1, 0.15) is 6.26 Å². The standard InChI is InChI=1S/C8H17NO/c1-2-3-4-5-6-7-8-10-9/h7-8H,2-6,9H2,1H3/b8-7+. The van der Waals surface area contributed by atoms with Crippen molar-refractivity contribution in [3.63, 3.8) is 0 Å². The molecule has 2 N–H and O–H groups in total. The van der Waals surface area contributed by atoms with E-state index < -0.39 is 0 Å². The van der Waals surface area contributed by atoms with Gasteiger partial charge in [0.05, 0.1) is 0 Å². The zero-order chi connectivity index (χ0) is 7.66. The largest absolute Gasteiger partial charge is 0.420 e. The molecule has 2 nitrogen and oxygen atoms in total. The average molecular weight is 143 g/mol. The van der Waals surface area contributed by atoms with Gasteiger partial charge in [-0.15, -0.1) is 0 Å². The van der Waals surface area contributed by atoms with Gasteiger partial charge in [-0.25, -0.2) is 0 Å². The average Bonchev–Trinajstić information content (AvgIpc) is 1.97. The zero-order valence-corrected chi connectivity index (χ0v) is 6.68. The van der Waals surface area contributed by atoms with Gasteiger partial charge in [-0.05, 0) is 18.9 Å². The highest BCUT2D eigenvalue weighted by molar-refractivity contribution is 4.71. The highest BCUT2D eigenvalue weighted by Gasteiger charge is 1.83. The van der Waals surface area contributed by atoms with Crippen molar-refractivity contribution in [2.24, 2.45) is 5.90 Å². The van der Waals surface area contributed by atoms with Gasteiger partial charge in [-0.1, -0.05) is 26.2 Å². The first-order valence-corrected chi connectivity index (χ1v) is 3.92. The van der Waals surface area contributed by atoms with Gasteiger partial charge in [0, 0.05) is 0 Å². The molecule has 0 spiro atoms. The van der Waals surface area contributed by atoms with E-state index >= 15 is 0 Å². The summed E-state index contributed by atoms with van der Waals surface area (Å²) in [7, 11) is 0. The maximum Gasteiger partial charge on any atom is 0.106 e. The summed E-state index contributed by atoms with van der Waals surface area (Å²) < 4.78 is 0. The van der Waals surface area contributed by atoms with Gasteiger partial charge in [-0.2, -0.15) is 5.90 Å². The van der Waals surface area contributed by atoms with Crippen LogP contribution < -0.4 is 5.90 Å². The third-order valence-electron chi connectivity index (χ3n) is 1.40. The second kappa shape index (κ2) is 8.50. The van der Waals surface area contributed by atoms with E-state index in [4.69, 9.17) is 5.90 Å². The van der Waals surface area contributed by atoms with Crippen LogP contribution in [0.15, 0.2) is 12.3 Å². The van der Waals surface area contributed by atoms with Crippen LogP contribution in [0.4, 0.5) is 0 Å². The Kier molecular flexibility index (Phi) is 8.07. The Balaban J connectivity index is 2.83. The van der Waals surface area contributed by atoms with Gasteiger partial charge < -0.3 is 4.84 Å². The molecule has 0 saturated carbocycles. The molecular weight excluding hydrogens is 126 g/mol. The van der Waals surface area contributed by atoms with Crippen LogP contribution in [0.25, 0.3) is 0 Å². The van der Waals surface area contributed by atoms with Crippen molar-refractivity contribution < 1.29 is 4.84 Å². The fourth-order valence-electron chi connectivity index (χ4n) is 0.813. The van der Waals surface area contributed by atoms with Gasteiger partial charge >= 0.3 is 0 Å². The zero-order valence-electron chi connectivity index (χ0n) is 6.68. The number of nitrogens with two attached hydrogens (primary N) is 1. The number of hydrogen-bond donors (Lipinski definition) is 1. The third kappa shape index (κ3) is 7.50. The van der Waals surface area contributed by atoms with Crippen LogP contribution in [-0.2, 0) is 4.84 Å². The van der Waals surface area contributed by atoms with Gasteiger partial charge in [-0.3, -0.25) is 0 Å². The van der Waals surface area contributed by atoms with E-state index in [0.29, 0.717) is 0 Å². The summed E-state index contributed by atoms with van der Waals surface area (Å²) >= 11 is 0. The van der Waals surface area contributed by atoms with Crippen molar-refractivity contribution in [3.05, 3.63) is 12.3 Å². The minimum absolute atomic E-state index is 1.08. The molecule has 2 heteroatoms. The summed E-state index contributed by atoms with van der Waals surface area (Å²) in [6.07, 6.45) is 9.74. The molecule has 0 saturated heterocycles. The summed E-state index contributed by atoms with van der Waals surface area (Å²) in [4.78, 5) is 4.27. The van der Waals surface area contributed by atoms with E-state index in [1.165, 1.54) is 31.9 Å². The normalized spacial score (nSPS) is 10.6. The van der Waals surface area contributed by atoms with Crippen molar-refractivity contribution in [2.45, 2.75) is 39.0 Å². The fourth-order valence-corrected chi connectivity index (χ4v) is 0.813. The Morgan fingerprint density at radius 1 is 1.30 bits per heavy atom. The number of rotatable bonds is 6. The predicted octanol–water partition coefficient (Wildman–Crippen LogP) is 2.36. The molecule has 0 aliphatic heterocycles. The molecule has 0 aromatic heterocycles. The van der Waals surface area contributed by atoms with Crippen LogP contribution in [0.2, 0.25) is 0 Å². The summed E-state index contributed by atoms with van der Waals surface area (Å²) in [5.41, 5.74) is 0. The molecule has 0 unspecified atom stereocenters. The number of hydrogen-bond acceptors (Lipinski definition) is 2. The first-order chi connectivity index (χ1) is 4.91. The van der Waals surface area contributed by atoms with Crippen molar-refractivity contribution in [2.75, 3.05) is 0 Å². The first kappa shape index (κ1) is 9.50. The molecule has 0 aliphatic rings. The second-order valence-corrected chi connectivity index (χ2v) is 2.36. The smallest absolute Gasteiger partial charge is 0.106 e. The van der Waals surface area contributed by atoms with E-state index in [1.54, 1.807) is 0 Å². The molecule has 0 aliphatic carbocycles.